The van der Waals surface area contributed by atoms with E-state index < -0.39 is 0 Å². The molecule has 3 N–H and O–H groups in total. The molecular weight excluding hydrogens is 226 g/mol. The first-order valence-electron chi connectivity index (χ1n) is 5.98. The maximum absolute atomic E-state index is 8.51. The van der Waals surface area contributed by atoms with E-state index in [2.05, 4.69) is 20.9 Å². The Hall–Kier alpha value is -2.06. The Kier molecular flexibility index (Phi) is 3.80. The number of H-pyrrole nitrogens is 1. The Balaban J connectivity index is 1.98. The molecule has 2 rings (SSSR count). The number of nitrogen functional groups attached to an aromatic ring is 1. The van der Waals surface area contributed by atoms with E-state index in [-0.39, 0.29) is 0 Å². The highest BCUT2D eigenvalue weighted by molar-refractivity contribution is 5.78. The minimum atomic E-state index is 0.563. The zero-order chi connectivity index (χ0) is 13.0. The van der Waals surface area contributed by atoms with Crippen LogP contribution >= 0.6 is 0 Å². The molecule has 1 heterocycles. The molecule has 18 heavy (non-hydrogen) atoms. The number of nitriles is 1. The zero-order valence-electron chi connectivity index (χ0n) is 10.5. The van der Waals surface area contributed by atoms with Crippen LogP contribution in [-0.2, 0) is 6.42 Å². The lowest BCUT2D eigenvalue weighted by Crippen LogP contribution is -2.22. The monoisotopic (exact) mass is 243 g/mol. The van der Waals surface area contributed by atoms with Crippen LogP contribution in [0.25, 0.3) is 11.0 Å². The maximum atomic E-state index is 8.51. The van der Waals surface area contributed by atoms with Gasteiger partial charge in [0.25, 0.3) is 0 Å². The van der Waals surface area contributed by atoms with Crippen LogP contribution in [0.5, 0.6) is 0 Å². The van der Waals surface area contributed by atoms with Crippen LogP contribution in [0.2, 0.25) is 0 Å². The van der Waals surface area contributed by atoms with Crippen molar-refractivity contribution >= 4 is 16.7 Å². The Morgan fingerprint density at radius 3 is 3.06 bits per heavy atom. The van der Waals surface area contributed by atoms with Gasteiger partial charge in [-0.25, -0.2) is 4.98 Å². The molecular formula is C13H17N5. The number of benzene rings is 1. The smallest absolute Gasteiger partial charge is 0.108 e. The molecule has 0 aliphatic heterocycles. The average Bonchev–Trinajstić information content (AvgIpc) is 2.75. The summed E-state index contributed by atoms with van der Waals surface area (Å²) < 4.78 is 0. The molecule has 0 aliphatic rings. The van der Waals surface area contributed by atoms with Crippen molar-refractivity contribution in [2.45, 2.75) is 12.8 Å². The third-order valence-electron chi connectivity index (χ3n) is 2.89. The molecule has 1 aromatic heterocycles. The molecule has 0 unspecified atom stereocenters. The molecule has 0 amide bonds. The van der Waals surface area contributed by atoms with Gasteiger partial charge in [-0.05, 0) is 25.2 Å². The predicted octanol–water partition coefficient (Wildman–Crippen LogP) is 1.53. The van der Waals surface area contributed by atoms with Gasteiger partial charge >= 0.3 is 0 Å². The minimum Gasteiger partial charge on any atom is -0.399 e. The number of aromatic amines is 1. The Morgan fingerprint density at radius 1 is 1.44 bits per heavy atom. The number of aromatic nitrogens is 2. The number of rotatable bonds is 5. The van der Waals surface area contributed by atoms with Gasteiger partial charge in [-0.3, -0.25) is 0 Å². The van der Waals surface area contributed by atoms with Gasteiger partial charge in [0.1, 0.15) is 5.82 Å². The molecule has 0 aliphatic carbocycles. The first kappa shape index (κ1) is 12.4. The molecule has 0 saturated carbocycles. The third kappa shape index (κ3) is 2.99. The second-order valence-corrected chi connectivity index (χ2v) is 4.42. The maximum Gasteiger partial charge on any atom is 0.108 e. The number of hydrogen-bond donors (Lipinski definition) is 2. The number of nitrogens with one attached hydrogen (secondary N) is 1. The van der Waals surface area contributed by atoms with Crippen molar-refractivity contribution in [3.05, 3.63) is 24.0 Å². The number of nitrogens with zero attached hydrogens (tertiary/aromatic N) is 3. The lowest BCUT2D eigenvalue weighted by Gasteiger charge is -2.13. The molecule has 1 aromatic carbocycles. The molecule has 0 fully saturated rings. The Labute approximate surface area is 106 Å². The van der Waals surface area contributed by atoms with Crippen molar-refractivity contribution in [1.29, 1.82) is 5.26 Å². The fourth-order valence-electron chi connectivity index (χ4n) is 1.85. The molecule has 0 atom stereocenters. The summed E-state index contributed by atoms with van der Waals surface area (Å²) in [6.07, 6.45) is 1.41. The van der Waals surface area contributed by atoms with Crippen LogP contribution in [0, 0.1) is 11.3 Å². The molecule has 5 heteroatoms. The van der Waals surface area contributed by atoms with E-state index in [0.29, 0.717) is 6.42 Å². The molecule has 94 valence electrons. The van der Waals surface area contributed by atoms with E-state index in [4.69, 9.17) is 11.0 Å². The number of imidazole rings is 1. The summed E-state index contributed by atoms with van der Waals surface area (Å²) >= 11 is 0. The van der Waals surface area contributed by atoms with Crippen LogP contribution in [0.15, 0.2) is 18.2 Å². The van der Waals surface area contributed by atoms with Crippen LogP contribution in [0.1, 0.15) is 12.2 Å². The zero-order valence-corrected chi connectivity index (χ0v) is 10.5. The summed E-state index contributed by atoms with van der Waals surface area (Å²) in [7, 11) is 2.01. The summed E-state index contributed by atoms with van der Waals surface area (Å²) in [5.74, 6) is 0.958. The summed E-state index contributed by atoms with van der Waals surface area (Å²) in [4.78, 5) is 9.90. The van der Waals surface area contributed by atoms with E-state index in [1.807, 2.05) is 25.2 Å². The van der Waals surface area contributed by atoms with Crippen molar-refractivity contribution in [3.63, 3.8) is 0 Å². The molecule has 0 saturated heterocycles. The molecule has 0 bridgehead atoms. The van der Waals surface area contributed by atoms with Gasteiger partial charge in [0.15, 0.2) is 0 Å². The van der Waals surface area contributed by atoms with E-state index in [1.54, 1.807) is 0 Å². The summed E-state index contributed by atoms with van der Waals surface area (Å²) in [6, 6.07) is 7.81. The van der Waals surface area contributed by atoms with Crippen LogP contribution in [0.3, 0.4) is 0 Å². The molecule has 0 spiro atoms. The summed E-state index contributed by atoms with van der Waals surface area (Å²) in [5, 5.41) is 8.51. The molecule has 5 nitrogen and oxygen atoms in total. The third-order valence-corrected chi connectivity index (χ3v) is 2.89. The fourth-order valence-corrected chi connectivity index (χ4v) is 1.85. The van der Waals surface area contributed by atoms with Gasteiger partial charge in [0.2, 0.25) is 0 Å². The number of likely N-dealkylation sites (N-methyl/N-ethyl adjacent to an activating group) is 1. The van der Waals surface area contributed by atoms with Crippen molar-refractivity contribution < 1.29 is 0 Å². The molecule has 0 radical (unpaired) electrons. The topological polar surface area (TPSA) is 81.7 Å². The quantitative estimate of drug-likeness (QED) is 0.780. The van der Waals surface area contributed by atoms with Crippen LogP contribution in [-0.4, -0.2) is 35.0 Å². The second-order valence-electron chi connectivity index (χ2n) is 4.42. The Bertz CT molecular complexity index is 566. The van der Waals surface area contributed by atoms with E-state index >= 15 is 0 Å². The van der Waals surface area contributed by atoms with E-state index in [1.165, 1.54) is 0 Å². The van der Waals surface area contributed by atoms with Gasteiger partial charge in [0.05, 0.1) is 17.1 Å². The average molecular weight is 243 g/mol. The largest absolute Gasteiger partial charge is 0.399 e. The van der Waals surface area contributed by atoms with Gasteiger partial charge in [0, 0.05) is 31.6 Å². The van der Waals surface area contributed by atoms with E-state index in [9.17, 15) is 0 Å². The highest BCUT2D eigenvalue weighted by atomic mass is 15.1. The van der Waals surface area contributed by atoms with Crippen molar-refractivity contribution in [2.75, 3.05) is 25.9 Å². The fraction of sp³-hybridized carbons (Fsp3) is 0.385. The number of fused-ring (bicyclic) bond motifs is 1. The number of anilines is 1. The second kappa shape index (κ2) is 5.52. The van der Waals surface area contributed by atoms with Crippen LogP contribution < -0.4 is 5.73 Å². The van der Waals surface area contributed by atoms with Crippen molar-refractivity contribution in [1.82, 2.24) is 14.9 Å². The first-order valence-corrected chi connectivity index (χ1v) is 5.98. The first-order chi connectivity index (χ1) is 8.69. The van der Waals surface area contributed by atoms with E-state index in [0.717, 1.165) is 42.1 Å². The van der Waals surface area contributed by atoms with Gasteiger partial charge in [-0.15, -0.1) is 0 Å². The Morgan fingerprint density at radius 2 is 2.28 bits per heavy atom. The highest BCUT2D eigenvalue weighted by Crippen LogP contribution is 2.15. The number of nitrogens with two attached hydrogens (primary N) is 1. The number of hydrogen-bond acceptors (Lipinski definition) is 4. The highest BCUT2D eigenvalue weighted by Gasteiger charge is 2.04. The van der Waals surface area contributed by atoms with Gasteiger partial charge in [-0.2, -0.15) is 5.26 Å². The standard InChI is InChI=1S/C13H17N5/c1-18(7-2-6-14)8-5-13-16-11-4-3-10(15)9-12(11)17-13/h3-4,9H,2,5,7-8,15H2,1H3,(H,16,17). The van der Waals surface area contributed by atoms with Gasteiger partial charge in [-0.1, -0.05) is 0 Å². The van der Waals surface area contributed by atoms with Crippen molar-refractivity contribution in [3.8, 4) is 6.07 Å². The lowest BCUT2D eigenvalue weighted by atomic mass is 10.3. The lowest BCUT2D eigenvalue weighted by molar-refractivity contribution is 0.344. The summed E-state index contributed by atoms with van der Waals surface area (Å²) in [5.41, 5.74) is 8.38. The van der Waals surface area contributed by atoms with Crippen LogP contribution in [0.4, 0.5) is 5.69 Å². The SMILES string of the molecule is CN(CCC#N)CCc1nc2ccc(N)cc2[nH]1. The molecule has 2 aromatic rings. The minimum absolute atomic E-state index is 0.563. The predicted molar refractivity (Wildman–Crippen MR) is 71.9 cm³/mol. The van der Waals surface area contributed by atoms with Gasteiger partial charge < -0.3 is 15.6 Å². The summed E-state index contributed by atoms with van der Waals surface area (Å²) in [6.45, 7) is 1.68. The van der Waals surface area contributed by atoms with Crippen molar-refractivity contribution in [2.24, 2.45) is 0 Å². The normalized spacial score (nSPS) is 10.9.